The Balaban J connectivity index is 2.14. The lowest BCUT2D eigenvalue weighted by Crippen LogP contribution is -2.12. The molecule has 122 valence electrons. The minimum absolute atomic E-state index is 0.188. The molecule has 0 unspecified atom stereocenters. The van der Waals surface area contributed by atoms with Crippen molar-refractivity contribution in [2.24, 2.45) is 5.73 Å². The number of rotatable bonds is 2. The molecule has 2 heterocycles. The van der Waals surface area contributed by atoms with Crippen LogP contribution in [0.3, 0.4) is 0 Å². The number of hydrogen-bond acceptors (Lipinski definition) is 2. The van der Waals surface area contributed by atoms with Crippen molar-refractivity contribution in [3.63, 3.8) is 0 Å². The van der Waals surface area contributed by atoms with Gasteiger partial charge in [-0.2, -0.15) is 0 Å². The van der Waals surface area contributed by atoms with Gasteiger partial charge in [-0.25, -0.2) is 4.39 Å². The van der Waals surface area contributed by atoms with Crippen LogP contribution in [0.25, 0.3) is 22.0 Å². The van der Waals surface area contributed by atoms with Crippen molar-refractivity contribution >= 4 is 22.5 Å². The molecule has 0 saturated carbocycles. The highest BCUT2D eigenvalue weighted by Gasteiger charge is 2.24. The average molecular weight is 323 g/mol. The van der Waals surface area contributed by atoms with Crippen molar-refractivity contribution in [3.8, 4) is 11.1 Å². The van der Waals surface area contributed by atoms with Crippen LogP contribution in [0.5, 0.6) is 0 Å². The number of nitrogens with one attached hydrogen (secondary N) is 2. The van der Waals surface area contributed by atoms with Gasteiger partial charge in [-0.05, 0) is 49.1 Å². The number of anilines is 1. The Morgan fingerprint density at radius 3 is 2.83 bits per heavy atom. The molecular formula is C19H18FN3O. The van der Waals surface area contributed by atoms with Gasteiger partial charge in [0.25, 0.3) is 5.91 Å². The van der Waals surface area contributed by atoms with Gasteiger partial charge in [-0.1, -0.05) is 12.1 Å². The van der Waals surface area contributed by atoms with Crippen LogP contribution in [-0.4, -0.2) is 17.4 Å². The van der Waals surface area contributed by atoms with E-state index >= 15 is 4.39 Å². The summed E-state index contributed by atoms with van der Waals surface area (Å²) in [5, 5.41) is 4.06. The highest BCUT2D eigenvalue weighted by Crippen LogP contribution is 2.41. The van der Waals surface area contributed by atoms with Crippen LogP contribution in [0.2, 0.25) is 0 Å². The summed E-state index contributed by atoms with van der Waals surface area (Å²) in [5.74, 6) is -1.05. The predicted molar refractivity (Wildman–Crippen MR) is 93.9 cm³/mol. The van der Waals surface area contributed by atoms with Gasteiger partial charge in [-0.15, -0.1) is 0 Å². The van der Waals surface area contributed by atoms with Crippen molar-refractivity contribution in [2.75, 3.05) is 11.9 Å². The highest BCUT2D eigenvalue weighted by molar-refractivity contribution is 6.11. The van der Waals surface area contributed by atoms with Crippen LogP contribution in [0, 0.1) is 19.7 Å². The van der Waals surface area contributed by atoms with Crippen LogP contribution in [0.1, 0.15) is 27.2 Å². The normalized spacial score (nSPS) is 13.1. The Morgan fingerprint density at radius 1 is 1.29 bits per heavy atom. The fourth-order valence-electron chi connectivity index (χ4n) is 3.66. The second kappa shape index (κ2) is 5.09. The first kappa shape index (κ1) is 14.8. The quantitative estimate of drug-likeness (QED) is 0.673. The van der Waals surface area contributed by atoms with Gasteiger partial charge in [-0.3, -0.25) is 4.79 Å². The molecule has 24 heavy (non-hydrogen) atoms. The molecular weight excluding hydrogens is 305 g/mol. The fraction of sp³-hybridized carbons (Fsp3) is 0.211. The number of H-pyrrole nitrogens is 1. The van der Waals surface area contributed by atoms with Crippen molar-refractivity contribution in [1.82, 2.24) is 4.98 Å². The van der Waals surface area contributed by atoms with Gasteiger partial charge in [0, 0.05) is 28.9 Å². The van der Waals surface area contributed by atoms with Gasteiger partial charge in [0.2, 0.25) is 0 Å². The Morgan fingerprint density at radius 2 is 2.08 bits per heavy atom. The summed E-state index contributed by atoms with van der Waals surface area (Å²) in [6, 6.07) is 7.12. The minimum Gasteiger partial charge on any atom is -0.384 e. The average Bonchev–Trinajstić information content (AvgIpc) is 3.13. The monoisotopic (exact) mass is 323 g/mol. The minimum atomic E-state index is -0.633. The number of hydrogen-bond donors (Lipinski definition) is 3. The molecule has 0 saturated heterocycles. The molecule has 0 spiro atoms. The number of amides is 1. The molecule has 0 fully saturated rings. The number of primary amides is 1. The van der Waals surface area contributed by atoms with Crippen molar-refractivity contribution in [3.05, 3.63) is 52.5 Å². The third-order valence-electron chi connectivity index (χ3n) is 4.93. The first-order valence-electron chi connectivity index (χ1n) is 7.96. The van der Waals surface area contributed by atoms with E-state index < -0.39 is 11.7 Å². The SMILES string of the molecule is Cc1[nH]c2c(C(N)=O)cc(F)c(-c3cccc4c3CCN4)c2c1C. The van der Waals surface area contributed by atoms with Crippen LogP contribution in [0.4, 0.5) is 10.1 Å². The van der Waals surface area contributed by atoms with E-state index in [0.29, 0.717) is 11.1 Å². The molecule has 5 heteroatoms. The number of nitrogens with two attached hydrogens (primary N) is 1. The molecule has 0 bridgehead atoms. The lowest BCUT2D eigenvalue weighted by atomic mass is 9.91. The standard InChI is InChI=1S/C19H18FN3O/c1-9-10(2)23-18-13(19(21)24)8-14(20)17(16(9)18)12-4-3-5-15-11(12)6-7-22-15/h3-5,8,22-23H,6-7H2,1-2H3,(H2,21,24). The zero-order chi connectivity index (χ0) is 17.0. The fourth-order valence-corrected chi connectivity index (χ4v) is 3.66. The zero-order valence-electron chi connectivity index (χ0n) is 13.6. The Kier molecular flexibility index (Phi) is 3.13. The zero-order valence-corrected chi connectivity index (χ0v) is 13.6. The summed E-state index contributed by atoms with van der Waals surface area (Å²) < 4.78 is 15.0. The summed E-state index contributed by atoms with van der Waals surface area (Å²) in [6.45, 7) is 4.70. The van der Waals surface area contributed by atoms with E-state index in [1.165, 1.54) is 6.07 Å². The Bertz CT molecular complexity index is 1000. The maximum absolute atomic E-state index is 15.0. The molecule has 4 N–H and O–H groups in total. The first-order valence-corrected chi connectivity index (χ1v) is 7.96. The van der Waals surface area contributed by atoms with Gasteiger partial charge >= 0.3 is 0 Å². The van der Waals surface area contributed by atoms with E-state index in [-0.39, 0.29) is 5.56 Å². The molecule has 4 nitrogen and oxygen atoms in total. The summed E-state index contributed by atoms with van der Waals surface area (Å²) in [7, 11) is 0. The van der Waals surface area contributed by atoms with Crippen LogP contribution >= 0.6 is 0 Å². The van der Waals surface area contributed by atoms with Gasteiger partial charge in [0.05, 0.1) is 11.1 Å². The summed E-state index contributed by atoms with van der Waals surface area (Å²) >= 11 is 0. The summed E-state index contributed by atoms with van der Waals surface area (Å²) in [5.41, 5.74) is 11.7. The lowest BCUT2D eigenvalue weighted by Gasteiger charge is -2.13. The van der Waals surface area contributed by atoms with Gasteiger partial charge < -0.3 is 16.0 Å². The van der Waals surface area contributed by atoms with E-state index in [2.05, 4.69) is 10.3 Å². The van der Waals surface area contributed by atoms with Crippen LogP contribution in [-0.2, 0) is 6.42 Å². The molecule has 1 amide bonds. The van der Waals surface area contributed by atoms with Gasteiger partial charge in [0.1, 0.15) is 5.82 Å². The van der Waals surface area contributed by atoms with Crippen molar-refractivity contribution < 1.29 is 9.18 Å². The maximum atomic E-state index is 15.0. The molecule has 1 aliphatic heterocycles. The third-order valence-corrected chi connectivity index (χ3v) is 4.93. The van der Waals surface area contributed by atoms with E-state index in [4.69, 9.17) is 5.73 Å². The Labute approximate surface area is 138 Å². The summed E-state index contributed by atoms with van der Waals surface area (Å²) in [6.07, 6.45) is 0.854. The van der Waals surface area contributed by atoms with Crippen LogP contribution in [0.15, 0.2) is 24.3 Å². The second-order valence-corrected chi connectivity index (χ2v) is 6.28. The van der Waals surface area contributed by atoms with Crippen LogP contribution < -0.4 is 11.1 Å². The van der Waals surface area contributed by atoms with Crippen molar-refractivity contribution in [1.29, 1.82) is 0 Å². The van der Waals surface area contributed by atoms with Crippen molar-refractivity contribution in [2.45, 2.75) is 20.3 Å². The smallest absolute Gasteiger partial charge is 0.250 e. The number of benzene rings is 2. The number of aryl methyl sites for hydroxylation is 2. The lowest BCUT2D eigenvalue weighted by molar-refractivity contribution is 0.100. The van der Waals surface area contributed by atoms with E-state index in [1.54, 1.807) is 0 Å². The first-order chi connectivity index (χ1) is 11.5. The second-order valence-electron chi connectivity index (χ2n) is 6.28. The number of carbonyl (C=O) groups excluding carboxylic acids is 1. The number of fused-ring (bicyclic) bond motifs is 2. The predicted octanol–water partition coefficient (Wildman–Crippen LogP) is 3.66. The molecule has 3 aromatic rings. The maximum Gasteiger partial charge on any atom is 0.250 e. The Hall–Kier alpha value is -2.82. The number of aromatic amines is 1. The van der Waals surface area contributed by atoms with E-state index in [9.17, 15) is 4.79 Å². The molecule has 2 aromatic carbocycles. The molecule has 0 radical (unpaired) electrons. The van der Waals surface area contributed by atoms with E-state index in [0.717, 1.165) is 46.4 Å². The molecule has 1 aromatic heterocycles. The number of carbonyl (C=O) groups is 1. The highest BCUT2D eigenvalue weighted by atomic mass is 19.1. The molecule has 4 rings (SSSR count). The largest absolute Gasteiger partial charge is 0.384 e. The summed E-state index contributed by atoms with van der Waals surface area (Å²) in [4.78, 5) is 14.9. The number of aromatic nitrogens is 1. The third kappa shape index (κ3) is 1.94. The topological polar surface area (TPSA) is 70.9 Å². The molecule has 1 aliphatic rings. The molecule has 0 aliphatic carbocycles. The number of halogens is 1. The van der Waals surface area contributed by atoms with Gasteiger partial charge in [0.15, 0.2) is 0 Å². The van der Waals surface area contributed by atoms with E-state index in [1.807, 2.05) is 32.0 Å². The molecule has 0 atom stereocenters.